The molecule has 1 aromatic heterocycles. The fourth-order valence-corrected chi connectivity index (χ4v) is 5.09. The molecule has 1 aromatic carbocycles. The molecule has 170 valence electrons. The SMILES string of the molecule is CCN(CC)C(=O)CC1CC2(CCN(C(=O)c3cccc(C)n3)CC2)Oc2ccccc21. The number of aryl methyl sites for hydroxylation is 1. The number of aromatic nitrogens is 1. The number of nitrogens with zero attached hydrogens (tertiary/aromatic N) is 3. The van der Waals surface area contributed by atoms with Gasteiger partial charge in [0.15, 0.2) is 0 Å². The van der Waals surface area contributed by atoms with Gasteiger partial charge in [-0.1, -0.05) is 24.3 Å². The van der Waals surface area contributed by atoms with E-state index in [9.17, 15) is 9.59 Å². The van der Waals surface area contributed by atoms with Crippen LogP contribution in [0, 0.1) is 6.92 Å². The van der Waals surface area contributed by atoms with Gasteiger partial charge in [0, 0.05) is 57.1 Å². The smallest absolute Gasteiger partial charge is 0.272 e. The molecule has 2 aromatic rings. The molecule has 2 amide bonds. The first kappa shape index (κ1) is 22.3. The summed E-state index contributed by atoms with van der Waals surface area (Å²) >= 11 is 0. The van der Waals surface area contributed by atoms with E-state index in [0.717, 1.165) is 49.4 Å². The summed E-state index contributed by atoms with van der Waals surface area (Å²) in [5, 5.41) is 0. The molecule has 1 atom stereocenters. The van der Waals surface area contributed by atoms with Crippen LogP contribution in [0.15, 0.2) is 42.5 Å². The maximum Gasteiger partial charge on any atom is 0.272 e. The lowest BCUT2D eigenvalue weighted by atomic mass is 9.76. The molecule has 32 heavy (non-hydrogen) atoms. The number of ether oxygens (including phenoxy) is 1. The number of rotatable bonds is 5. The maximum absolute atomic E-state index is 12.9. The number of piperidine rings is 1. The standard InChI is InChI=1S/C26H33N3O3/c1-4-28(5-2)24(30)17-20-18-26(32-23-12-7-6-10-21(20)23)13-15-29(16-14-26)25(31)22-11-8-9-19(3)27-22/h6-12,20H,4-5,13-18H2,1-3H3. The molecule has 0 saturated carbocycles. The third-order valence-corrected chi connectivity index (χ3v) is 6.91. The Kier molecular flexibility index (Phi) is 6.49. The maximum atomic E-state index is 12.9. The Labute approximate surface area is 190 Å². The summed E-state index contributed by atoms with van der Waals surface area (Å²) in [6.45, 7) is 8.67. The molecule has 3 heterocycles. The van der Waals surface area contributed by atoms with Gasteiger partial charge in [-0.2, -0.15) is 0 Å². The largest absolute Gasteiger partial charge is 0.487 e. The van der Waals surface area contributed by atoms with Crippen molar-refractivity contribution in [1.29, 1.82) is 0 Å². The van der Waals surface area contributed by atoms with Gasteiger partial charge in [-0.25, -0.2) is 4.98 Å². The molecule has 6 heteroatoms. The van der Waals surface area contributed by atoms with Crippen molar-refractivity contribution in [3.05, 3.63) is 59.4 Å². The van der Waals surface area contributed by atoms with Crippen molar-refractivity contribution in [2.75, 3.05) is 26.2 Å². The van der Waals surface area contributed by atoms with Crippen molar-refractivity contribution in [2.45, 2.75) is 58.0 Å². The van der Waals surface area contributed by atoms with E-state index in [2.05, 4.69) is 11.1 Å². The quantitative estimate of drug-likeness (QED) is 0.707. The molecule has 1 spiro atoms. The molecule has 0 radical (unpaired) electrons. The minimum Gasteiger partial charge on any atom is -0.487 e. The first-order chi connectivity index (χ1) is 15.4. The van der Waals surface area contributed by atoms with Gasteiger partial charge >= 0.3 is 0 Å². The highest BCUT2D eigenvalue weighted by molar-refractivity contribution is 5.92. The van der Waals surface area contributed by atoms with E-state index in [4.69, 9.17) is 4.74 Å². The van der Waals surface area contributed by atoms with Gasteiger partial charge in [0.25, 0.3) is 5.91 Å². The third kappa shape index (κ3) is 4.50. The van der Waals surface area contributed by atoms with Crippen molar-refractivity contribution in [3.63, 3.8) is 0 Å². The average Bonchev–Trinajstić information content (AvgIpc) is 2.80. The van der Waals surface area contributed by atoms with E-state index in [1.165, 1.54) is 0 Å². The highest BCUT2D eigenvalue weighted by atomic mass is 16.5. The van der Waals surface area contributed by atoms with E-state index in [1.54, 1.807) is 6.07 Å². The fourth-order valence-electron chi connectivity index (χ4n) is 5.09. The zero-order valence-corrected chi connectivity index (χ0v) is 19.3. The van der Waals surface area contributed by atoms with Crippen molar-refractivity contribution in [1.82, 2.24) is 14.8 Å². The summed E-state index contributed by atoms with van der Waals surface area (Å²) in [5.41, 5.74) is 2.14. The van der Waals surface area contributed by atoms with E-state index >= 15 is 0 Å². The van der Waals surface area contributed by atoms with E-state index in [0.29, 0.717) is 25.2 Å². The van der Waals surface area contributed by atoms with Crippen molar-refractivity contribution < 1.29 is 14.3 Å². The lowest BCUT2D eigenvalue weighted by Gasteiger charge is -2.47. The summed E-state index contributed by atoms with van der Waals surface area (Å²) < 4.78 is 6.56. The molecular weight excluding hydrogens is 402 g/mol. The molecule has 0 aliphatic carbocycles. The molecule has 0 N–H and O–H groups in total. The van der Waals surface area contributed by atoms with Crippen molar-refractivity contribution >= 4 is 11.8 Å². The number of para-hydroxylation sites is 1. The fraction of sp³-hybridized carbons (Fsp3) is 0.500. The molecule has 4 rings (SSSR count). The number of carbonyl (C=O) groups excluding carboxylic acids is 2. The summed E-state index contributed by atoms with van der Waals surface area (Å²) in [5.74, 6) is 1.20. The van der Waals surface area contributed by atoms with Crippen LogP contribution >= 0.6 is 0 Å². The summed E-state index contributed by atoms with van der Waals surface area (Å²) in [7, 11) is 0. The second-order valence-electron chi connectivity index (χ2n) is 8.95. The van der Waals surface area contributed by atoms with Crippen molar-refractivity contribution in [3.8, 4) is 5.75 Å². The van der Waals surface area contributed by atoms with Gasteiger partial charge in [-0.3, -0.25) is 9.59 Å². The second-order valence-corrected chi connectivity index (χ2v) is 8.95. The predicted molar refractivity (Wildman–Crippen MR) is 124 cm³/mol. The lowest BCUT2D eigenvalue weighted by molar-refractivity contribution is -0.131. The molecule has 1 fully saturated rings. The van der Waals surface area contributed by atoms with Gasteiger partial charge in [0.05, 0.1) is 0 Å². The Morgan fingerprint density at radius 1 is 1.09 bits per heavy atom. The van der Waals surface area contributed by atoms with Crippen LogP contribution in [0.4, 0.5) is 0 Å². The van der Waals surface area contributed by atoms with Crippen LogP contribution in [0.3, 0.4) is 0 Å². The Bertz CT molecular complexity index is 978. The summed E-state index contributed by atoms with van der Waals surface area (Å²) in [4.78, 5) is 34.0. The lowest BCUT2D eigenvalue weighted by Crippen LogP contribution is -2.52. The number of benzene rings is 1. The Morgan fingerprint density at radius 3 is 2.50 bits per heavy atom. The first-order valence-electron chi connectivity index (χ1n) is 11.7. The molecule has 1 unspecified atom stereocenters. The zero-order chi connectivity index (χ0) is 22.7. The molecular formula is C26H33N3O3. The zero-order valence-electron chi connectivity index (χ0n) is 19.3. The van der Waals surface area contributed by atoms with Crippen LogP contribution in [-0.2, 0) is 4.79 Å². The van der Waals surface area contributed by atoms with E-state index < -0.39 is 0 Å². The highest BCUT2D eigenvalue weighted by Crippen LogP contribution is 2.46. The Hall–Kier alpha value is -2.89. The highest BCUT2D eigenvalue weighted by Gasteiger charge is 2.44. The number of likely N-dealkylation sites (tertiary alicyclic amines) is 1. The van der Waals surface area contributed by atoms with E-state index in [-0.39, 0.29) is 23.3 Å². The first-order valence-corrected chi connectivity index (χ1v) is 11.7. The number of hydrogen-bond acceptors (Lipinski definition) is 4. The predicted octanol–water partition coefficient (Wildman–Crippen LogP) is 4.19. The van der Waals surface area contributed by atoms with Gasteiger partial charge in [0.2, 0.25) is 5.91 Å². The number of fused-ring (bicyclic) bond motifs is 1. The minimum absolute atomic E-state index is 0.0204. The van der Waals surface area contributed by atoms with Gasteiger partial charge < -0.3 is 14.5 Å². The molecule has 6 nitrogen and oxygen atoms in total. The molecule has 2 aliphatic heterocycles. The van der Waals surface area contributed by atoms with Crippen LogP contribution in [0.1, 0.15) is 67.2 Å². The molecule has 2 aliphatic rings. The van der Waals surface area contributed by atoms with Crippen LogP contribution in [0.25, 0.3) is 0 Å². The second kappa shape index (κ2) is 9.31. The number of pyridine rings is 1. The Morgan fingerprint density at radius 2 is 1.81 bits per heavy atom. The minimum atomic E-state index is -0.334. The van der Waals surface area contributed by atoms with Gasteiger partial charge in [-0.05, 0) is 51.0 Å². The number of amides is 2. The molecule has 1 saturated heterocycles. The average molecular weight is 436 g/mol. The Balaban J connectivity index is 1.49. The monoisotopic (exact) mass is 435 g/mol. The van der Waals surface area contributed by atoms with Crippen LogP contribution in [0.5, 0.6) is 5.75 Å². The number of hydrogen-bond donors (Lipinski definition) is 0. The van der Waals surface area contributed by atoms with Crippen LogP contribution < -0.4 is 4.74 Å². The van der Waals surface area contributed by atoms with Gasteiger partial charge in [0.1, 0.15) is 17.0 Å². The molecule has 0 bridgehead atoms. The number of carbonyl (C=O) groups is 2. The normalized spacial score (nSPS) is 19.2. The third-order valence-electron chi connectivity index (χ3n) is 6.91. The summed E-state index contributed by atoms with van der Waals surface area (Å²) in [6.07, 6.45) is 2.82. The van der Waals surface area contributed by atoms with Gasteiger partial charge in [-0.15, -0.1) is 0 Å². The van der Waals surface area contributed by atoms with E-state index in [1.807, 2.05) is 60.9 Å². The van der Waals surface area contributed by atoms with Crippen LogP contribution in [0.2, 0.25) is 0 Å². The summed E-state index contributed by atoms with van der Waals surface area (Å²) in [6, 6.07) is 13.7. The van der Waals surface area contributed by atoms with Crippen molar-refractivity contribution in [2.24, 2.45) is 0 Å². The van der Waals surface area contributed by atoms with Crippen LogP contribution in [-0.4, -0.2) is 58.4 Å². The topological polar surface area (TPSA) is 62.7 Å².